The lowest BCUT2D eigenvalue weighted by Crippen LogP contribution is -2.35. The van der Waals surface area contributed by atoms with Gasteiger partial charge in [-0.05, 0) is 37.5 Å². The molecular weight excluding hydrogens is 200 g/mol. The molecule has 0 unspecified atom stereocenters. The molecule has 0 aliphatic heterocycles. The number of hydrogen-bond acceptors (Lipinski definition) is 2. The second-order valence-corrected chi connectivity index (χ2v) is 5.55. The van der Waals surface area contributed by atoms with Crippen LogP contribution in [0.25, 0.3) is 0 Å². The number of hydrogen-bond donors (Lipinski definition) is 0. The number of ether oxygens (including phenoxy) is 1. The number of esters is 1. The van der Waals surface area contributed by atoms with Gasteiger partial charge in [-0.15, -0.1) is 0 Å². The van der Waals surface area contributed by atoms with E-state index in [1.165, 1.54) is 12.8 Å². The Balaban J connectivity index is 2.64. The van der Waals surface area contributed by atoms with Crippen molar-refractivity contribution in [2.24, 2.45) is 17.8 Å². The minimum absolute atomic E-state index is 0.0907. The summed E-state index contributed by atoms with van der Waals surface area (Å²) in [5, 5.41) is 0. The highest BCUT2D eigenvalue weighted by atomic mass is 16.5. The largest absolute Gasteiger partial charge is 0.459 e. The summed E-state index contributed by atoms with van der Waals surface area (Å²) in [5.74, 6) is 1.53. The maximum Gasteiger partial charge on any atom is 0.333 e. The molecule has 0 aromatic rings. The molecule has 0 heterocycles. The fraction of sp³-hybridized carbons (Fsp3) is 0.786. The van der Waals surface area contributed by atoms with Gasteiger partial charge in [0.2, 0.25) is 0 Å². The maximum atomic E-state index is 11.6. The van der Waals surface area contributed by atoms with E-state index in [1.807, 2.05) is 0 Å². The molecule has 2 heteroatoms. The molecule has 0 aromatic heterocycles. The molecule has 2 nitrogen and oxygen atoms in total. The van der Waals surface area contributed by atoms with Gasteiger partial charge in [-0.3, -0.25) is 0 Å². The Labute approximate surface area is 99.1 Å². The van der Waals surface area contributed by atoms with Crippen LogP contribution in [-0.4, -0.2) is 12.1 Å². The SMILES string of the molecule is C=C(C)C(=O)O[C@@H]1C[C@H](C)CC[C@H]1C(C)C. The molecular formula is C14H24O2. The summed E-state index contributed by atoms with van der Waals surface area (Å²) in [6, 6.07) is 0. The van der Waals surface area contributed by atoms with Crippen molar-refractivity contribution < 1.29 is 9.53 Å². The van der Waals surface area contributed by atoms with Crippen molar-refractivity contribution in [2.75, 3.05) is 0 Å². The van der Waals surface area contributed by atoms with E-state index < -0.39 is 0 Å². The van der Waals surface area contributed by atoms with Gasteiger partial charge in [0.05, 0.1) is 0 Å². The van der Waals surface area contributed by atoms with Crippen LogP contribution in [0.3, 0.4) is 0 Å². The molecule has 1 saturated carbocycles. The van der Waals surface area contributed by atoms with Gasteiger partial charge in [0.1, 0.15) is 6.10 Å². The van der Waals surface area contributed by atoms with Gasteiger partial charge in [-0.1, -0.05) is 33.8 Å². The molecule has 3 atom stereocenters. The molecule has 0 radical (unpaired) electrons. The first-order valence-electron chi connectivity index (χ1n) is 6.28. The monoisotopic (exact) mass is 224 g/mol. The van der Waals surface area contributed by atoms with Crippen molar-refractivity contribution in [2.45, 2.75) is 53.1 Å². The predicted molar refractivity (Wildman–Crippen MR) is 66.0 cm³/mol. The van der Waals surface area contributed by atoms with Gasteiger partial charge in [-0.25, -0.2) is 4.79 Å². The van der Waals surface area contributed by atoms with E-state index in [9.17, 15) is 4.79 Å². The minimum atomic E-state index is -0.232. The van der Waals surface area contributed by atoms with Crippen molar-refractivity contribution in [1.82, 2.24) is 0 Å². The van der Waals surface area contributed by atoms with Gasteiger partial charge in [-0.2, -0.15) is 0 Å². The zero-order chi connectivity index (χ0) is 12.3. The van der Waals surface area contributed by atoms with Crippen molar-refractivity contribution in [3.8, 4) is 0 Å². The van der Waals surface area contributed by atoms with Crippen LogP contribution in [0.4, 0.5) is 0 Å². The molecule has 0 aromatic carbocycles. The molecule has 0 bridgehead atoms. The Morgan fingerprint density at radius 1 is 1.38 bits per heavy atom. The molecule has 1 aliphatic rings. The van der Waals surface area contributed by atoms with Gasteiger partial charge < -0.3 is 4.74 Å². The average Bonchev–Trinajstić information content (AvgIpc) is 2.16. The highest BCUT2D eigenvalue weighted by Crippen LogP contribution is 2.35. The number of rotatable bonds is 3. The maximum absolute atomic E-state index is 11.6. The first-order valence-corrected chi connectivity index (χ1v) is 6.28. The van der Waals surface area contributed by atoms with Crippen LogP contribution in [0, 0.1) is 17.8 Å². The number of carbonyl (C=O) groups excluding carboxylic acids is 1. The summed E-state index contributed by atoms with van der Waals surface area (Å²) in [6.07, 6.45) is 3.52. The summed E-state index contributed by atoms with van der Waals surface area (Å²) in [6.45, 7) is 12.0. The van der Waals surface area contributed by atoms with E-state index in [-0.39, 0.29) is 12.1 Å². The fourth-order valence-corrected chi connectivity index (χ4v) is 2.49. The number of carbonyl (C=O) groups is 1. The summed E-state index contributed by atoms with van der Waals surface area (Å²) in [5.41, 5.74) is 0.501. The van der Waals surface area contributed by atoms with Crippen molar-refractivity contribution >= 4 is 5.97 Å². The molecule has 0 saturated heterocycles. The molecule has 1 fully saturated rings. The Hall–Kier alpha value is -0.790. The lowest BCUT2D eigenvalue weighted by atomic mass is 9.75. The van der Waals surface area contributed by atoms with Crippen LogP contribution in [0.1, 0.15) is 47.0 Å². The quantitative estimate of drug-likeness (QED) is 0.541. The van der Waals surface area contributed by atoms with Gasteiger partial charge >= 0.3 is 5.97 Å². The van der Waals surface area contributed by atoms with Crippen LogP contribution in [0.15, 0.2) is 12.2 Å². The first-order chi connectivity index (χ1) is 7.41. The van der Waals surface area contributed by atoms with E-state index in [1.54, 1.807) is 6.92 Å². The first kappa shape index (κ1) is 13.3. The summed E-state index contributed by atoms with van der Waals surface area (Å²) >= 11 is 0. The average molecular weight is 224 g/mol. The summed E-state index contributed by atoms with van der Waals surface area (Å²) in [7, 11) is 0. The highest BCUT2D eigenvalue weighted by Gasteiger charge is 2.33. The van der Waals surface area contributed by atoms with Crippen LogP contribution in [0.2, 0.25) is 0 Å². The minimum Gasteiger partial charge on any atom is -0.459 e. The second kappa shape index (κ2) is 5.51. The molecule has 1 rings (SSSR count). The van der Waals surface area contributed by atoms with Gasteiger partial charge in [0.25, 0.3) is 0 Å². The predicted octanol–water partition coefficient (Wildman–Crippen LogP) is 3.57. The topological polar surface area (TPSA) is 26.3 Å². The third kappa shape index (κ3) is 3.36. The van der Waals surface area contributed by atoms with Crippen LogP contribution >= 0.6 is 0 Å². The fourth-order valence-electron chi connectivity index (χ4n) is 2.49. The van der Waals surface area contributed by atoms with Gasteiger partial charge in [0, 0.05) is 5.57 Å². The van der Waals surface area contributed by atoms with E-state index in [2.05, 4.69) is 27.4 Å². The summed E-state index contributed by atoms with van der Waals surface area (Å²) < 4.78 is 5.56. The highest BCUT2D eigenvalue weighted by molar-refractivity contribution is 5.87. The van der Waals surface area contributed by atoms with E-state index in [4.69, 9.17) is 4.74 Å². The second-order valence-electron chi connectivity index (χ2n) is 5.55. The molecule has 16 heavy (non-hydrogen) atoms. The summed E-state index contributed by atoms with van der Waals surface area (Å²) in [4.78, 5) is 11.6. The van der Waals surface area contributed by atoms with Crippen molar-refractivity contribution in [3.05, 3.63) is 12.2 Å². The van der Waals surface area contributed by atoms with E-state index in [0.717, 1.165) is 6.42 Å². The van der Waals surface area contributed by atoms with Crippen LogP contribution in [-0.2, 0) is 9.53 Å². The standard InChI is InChI=1S/C14H24O2/c1-9(2)12-7-6-11(5)8-13(12)16-14(15)10(3)4/h9,11-13H,3,6-8H2,1-2,4-5H3/t11-,12+,13-/m1/s1. The molecule has 1 aliphatic carbocycles. The Bertz CT molecular complexity index is 268. The van der Waals surface area contributed by atoms with Crippen molar-refractivity contribution in [1.29, 1.82) is 0 Å². The Kier molecular flexibility index (Phi) is 4.57. The zero-order valence-electron chi connectivity index (χ0n) is 11.0. The molecule has 0 N–H and O–H groups in total. The third-order valence-corrected chi connectivity index (χ3v) is 3.57. The van der Waals surface area contributed by atoms with E-state index in [0.29, 0.717) is 23.3 Å². The Morgan fingerprint density at radius 3 is 2.50 bits per heavy atom. The lowest BCUT2D eigenvalue weighted by molar-refractivity contribution is -0.150. The van der Waals surface area contributed by atoms with Crippen molar-refractivity contribution in [3.63, 3.8) is 0 Å². The normalized spacial score (nSPS) is 30.2. The lowest BCUT2D eigenvalue weighted by Gasteiger charge is -2.36. The molecule has 0 spiro atoms. The van der Waals surface area contributed by atoms with Crippen LogP contribution < -0.4 is 0 Å². The third-order valence-electron chi connectivity index (χ3n) is 3.57. The Morgan fingerprint density at radius 2 is 2.00 bits per heavy atom. The van der Waals surface area contributed by atoms with Crippen LogP contribution in [0.5, 0.6) is 0 Å². The van der Waals surface area contributed by atoms with E-state index >= 15 is 0 Å². The molecule has 0 amide bonds. The van der Waals surface area contributed by atoms with Gasteiger partial charge in [0.15, 0.2) is 0 Å². The zero-order valence-corrected chi connectivity index (χ0v) is 11.0. The molecule has 92 valence electrons. The smallest absolute Gasteiger partial charge is 0.333 e.